The predicted octanol–water partition coefficient (Wildman–Crippen LogP) is 5.63. The quantitative estimate of drug-likeness (QED) is 0.0531. The van der Waals surface area contributed by atoms with Gasteiger partial charge in [-0.25, -0.2) is 24.7 Å². The number of aliphatic hydroxyl groups is 1. The van der Waals surface area contributed by atoms with Gasteiger partial charge in [-0.05, 0) is 114 Å². The van der Waals surface area contributed by atoms with Crippen LogP contribution in [-0.4, -0.2) is 164 Å². The number of likely N-dealkylation sites (N-methyl/N-ethyl adjacent to an activating group) is 2. The maximum absolute atomic E-state index is 14.8. The summed E-state index contributed by atoms with van der Waals surface area (Å²) in [6.07, 6.45) is -0.207. The van der Waals surface area contributed by atoms with Gasteiger partial charge in [-0.2, -0.15) is 0 Å². The normalized spacial score (nSPS) is 34.1. The van der Waals surface area contributed by atoms with Crippen molar-refractivity contribution in [2.24, 2.45) is 23.6 Å². The lowest BCUT2D eigenvalue weighted by atomic mass is 9.78. The van der Waals surface area contributed by atoms with Crippen molar-refractivity contribution < 1.29 is 52.3 Å². The van der Waals surface area contributed by atoms with Gasteiger partial charge in [-0.15, -0.1) is 5.10 Å². The Morgan fingerprint density at radius 2 is 1.74 bits per heavy atom. The maximum Gasteiger partial charge on any atom is 0.425 e. The number of rotatable bonds is 13. The van der Waals surface area contributed by atoms with Crippen molar-refractivity contribution in [3.05, 3.63) is 65.7 Å². The van der Waals surface area contributed by atoms with Crippen LogP contribution in [0, 0.1) is 24.7 Å². The molecule has 3 aliphatic heterocycles. The van der Waals surface area contributed by atoms with Crippen LogP contribution in [0.4, 0.5) is 9.18 Å². The Kier molecular flexibility index (Phi) is 18.0. The van der Waals surface area contributed by atoms with Gasteiger partial charge in [-0.3, -0.25) is 14.6 Å². The first-order valence-corrected chi connectivity index (χ1v) is 24.9. The number of ketones is 1. The number of nitrogens with zero attached hydrogens (tertiary/aromatic N) is 7. The molecule has 3 N–H and O–H groups in total. The Hall–Kier alpha value is -3.74. The van der Waals surface area contributed by atoms with Crippen molar-refractivity contribution in [3.8, 4) is 11.1 Å². The van der Waals surface area contributed by atoms with Gasteiger partial charge in [0.25, 0.3) is 0 Å². The number of hydrogen-bond acceptors (Lipinski definition) is 16. The molecule has 0 radical (unpaired) electrons. The zero-order chi connectivity index (χ0) is 50.7. The van der Waals surface area contributed by atoms with Crippen LogP contribution in [0.25, 0.3) is 11.1 Å². The number of pyridine rings is 1. The van der Waals surface area contributed by atoms with Crippen LogP contribution < -0.4 is 5.84 Å². The number of amides is 1. The fourth-order valence-corrected chi connectivity index (χ4v) is 11.2. The molecule has 382 valence electrons. The van der Waals surface area contributed by atoms with E-state index in [0.717, 1.165) is 27.4 Å². The van der Waals surface area contributed by atoms with E-state index >= 15 is 0 Å². The second kappa shape index (κ2) is 22.8. The molecule has 20 heteroatoms. The molecule has 3 saturated heterocycles. The van der Waals surface area contributed by atoms with Gasteiger partial charge >= 0.3 is 12.1 Å². The number of ether oxygens (including phenoxy) is 6. The second-order valence-corrected chi connectivity index (χ2v) is 21.0. The number of aromatic nitrogens is 4. The van der Waals surface area contributed by atoms with Gasteiger partial charge in [0.15, 0.2) is 21.8 Å². The number of halogens is 2. The lowest BCUT2D eigenvalue weighted by Gasteiger charge is -2.47. The highest BCUT2D eigenvalue weighted by molar-refractivity contribution is 14.1. The standard InChI is InChI=1S/C49H72FIN8O10/c1-27-22-48(7,65-12)43(30(4)39(60)31(5)44(62)68-46(51)49(8)42(32(6)57(10)25-27)59(52)47(63)69-49)67-45-40(61)37(21-29(3)66-45)56(9)20-19-36-26-58(55-54-36)38(23-50)41(64-11)34-17-15-33(16-18-34)35-14-13-28(2)53-24-35/h13-18,24,26-27,29-32,37-38,40-43,45-46,61H,19-23,25,52H2,1-12H3/t27-,29-,30+,31-,32-,37?,38-,40-,41-,42?,43-,45+,46+,48-,49+/m1/s1. The van der Waals surface area contributed by atoms with Crippen molar-refractivity contribution in [2.75, 3.05) is 48.1 Å². The Morgan fingerprint density at radius 1 is 1.06 bits per heavy atom. The lowest BCUT2D eigenvalue weighted by molar-refractivity contribution is -0.296. The van der Waals surface area contributed by atoms with Gasteiger partial charge in [0.05, 0.1) is 23.5 Å². The number of alkyl halides is 2. The van der Waals surface area contributed by atoms with Gasteiger partial charge in [-0.1, -0.05) is 49.4 Å². The van der Waals surface area contributed by atoms with Crippen LogP contribution in [-0.2, 0) is 44.4 Å². The second-order valence-electron chi connectivity index (χ2n) is 19.8. The first kappa shape index (κ1) is 54.6. The number of esters is 1. The summed E-state index contributed by atoms with van der Waals surface area (Å²) in [7, 11) is 6.93. The highest BCUT2D eigenvalue weighted by Crippen LogP contribution is 2.41. The minimum atomic E-state index is -1.34. The maximum atomic E-state index is 14.8. The number of fused-ring (bicyclic) bond motifs is 1. The SMILES string of the molecule is CO[C@H](c1ccc(-c2ccc(C)nc2)cc1)[C@@H](CF)n1cc(CCN(C)C2C[C@@H](C)O[C@@H](O[C@@H]3[C@@H](C)C(=O)[C@@H](C)C(=O)O[C@H](I)[C@@]4(C)OC(=O)N(N)C4[C@@H](C)N(C)C[C@H](C)C[C@@]3(C)OC)[C@@H]2O)nn1. The summed E-state index contributed by atoms with van der Waals surface area (Å²) in [4.78, 5) is 49.6. The Labute approximate surface area is 419 Å². The van der Waals surface area contributed by atoms with Gasteiger partial charge in [0.2, 0.25) is 0 Å². The fourth-order valence-electron chi connectivity index (χ4n) is 10.4. The van der Waals surface area contributed by atoms with Crippen LogP contribution >= 0.6 is 22.6 Å². The number of nitrogens with two attached hydrogens (primary N) is 1. The van der Waals surface area contributed by atoms with E-state index in [9.17, 15) is 23.9 Å². The molecule has 15 atom stereocenters. The molecule has 0 bridgehead atoms. The minimum absolute atomic E-state index is 0.0652. The first-order valence-electron chi connectivity index (χ1n) is 23.7. The number of aliphatic hydroxyl groups excluding tert-OH is 1. The summed E-state index contributed by atoms with van der Waals surface area (Å²) >= 11 is 1.92. The van der Waals surface area contributed by atoms with Crippen LogP contribution in [0.15, 0.2) is 48.8 Å². The average Bonchev–Trinajstić information content (AvgIpc) is 3.89. The number of benzene rings is 1. The largest absolute Gasteiger partial charge is 0.447 e. The first-order chi connectivity index (χ1) is 32.6. The molecule has 5 heterocycles. The van der Waals surface area contributed by atoms with E-state index in [1.54, 1.807) is 34.3 Å². The van der Waals surface area contributed by atoms with E-state index in [2.05, 4.69) is 27.1 Å². The molecule has 18 nitrogen and oxygen atoms in total. The summed E-state index contributed by atoms with van der Waals surface area (Å²) < 4.78 is 52.3. The molecule has 2 aromatic heterocycles. The number of cyclic esters (lactones) is 1. The predicted molar refractivity (Wildman–Crippen MR) is 262 cm³/mol. The minimum Gasteiger partial charge on any atom is -0.447 e. The molecular formula is C49H72FIN8O10. The van der Waals surface area contributed by atoms with E-state index in [1.807, 2.05) is 112 Å². The number of carbonyl (C=O) groups is 3. The molecule has 0 saturated carbocycles. The van der Waals surface area contributed by atoms with Crippen molar-refractivity contribution in [1.82, 2.24) is 34.8 Å². The third-order valence-electron chi connectivity index (χ3n) is 14.7. The van der Waals surface area contributed by atoms with E-state index in [0.29, 0.717) is 38.0 Å². The molecule has 0 aliphatic carbocycles. The van der Waals surface area contributed by atoms with Gasteiger partial charge in [0.1, 0.15) is 36.9 Å². The topological polar surface area (TPSA) is 206 Å². The van der Waals surface area contributed by atoms with Crippen LogP contribution in [0.3, 0.4) is 0 Å². The summed E-state index contributed by atoms with van der Waals surface area (Å²) in [6, 6.07) is 9.48. The molecule has 1 aromatic carbocycles. The van der Waals surface area contributed by atoms with E-state index in [1.165, 1.54) is 11.6 Å². The van der Waals surface area contributed by atoms with Crippen LogP contribution in [0.2, 0.25) is 0 Å². The summed E-state index contributed by atoms with van der Waals surface area (Å²) in [5.74, 6) is 2.78. The zero-order valence-electron chi connectivity index (χ0n) is 42.0. The Bertz CT molecular complexity index is 2210. The smallest absolute Gasteiger partial charge is 0.425 e. The molecular weight excluding hydrogens is 1010 g/mol. The summed E-state index contributed by atoms with van der Waals surface area (Å²) in [6.45, 7) is 14.8. The van der Waals surface area contributed by atoms with Crippen molar-refractivity contribution in [3.63, 3.8) is 0 Å². The summed E-state index contributed by atoms with van der Waals surface area (Å²) in [5, 5.41) is 21.8. The number of hydrogen-bond donors (Lipinski definition) is 2. The van der Waals surface area contributed by atoms with E-state index in [-0.39, 0.29) is 18.1 Å². The lowest BCUT2D eigenvalue weighted by Crippen LogP contribution is -2.61. The fraction of sp³-hybridized carbons (Fsp3) is 0.673. The molecule has 1 amide bonds. The zero-order valence-corrected chi connectivity index (χ0v) is 44.1. The third kappa shape index (κ3) is 11.8. The molecule has 3 aliphatic rings. The number of methoxy groups -OCH3 is 2. The number of Topliss-reactive ketones (excluding diaryl/α,β-unsaturated/α-hetero) is 1. The van der Waals surface area contributed by atoms with E-state index in [4.69, 9.17) is 34.3 Å². The van der Waals surface area contributed by atoms with Crippen molar-refractivity contribution >= 4 is 40.4 Å². The average molecular weight is 1080 g/mol. The third-order valence-corrected chi connectivity index (χ3v) is 16.1. The Balaban J connectivity index is 1.17. The van der Waals surface area contributed by atoms with Crippen LogP contribution in [0.1, 0.15) is 90.4 Å². The van der Waals surface area contributed by atoms with Gasteiger partial charge in [0, 0.05) is 75.4 Å². The van der Waals surface area contributed by atoms with Crippen molar-refractivity contribution in [1.29, 1.82) is 0 Å². The summed E-state index contributed by atoms with van der Waals surface area (Å²) in [5.41, 5.74) is 1.85. The monoisotopic (exact) mass is 1080 g/mol. The number of hydrazine groups is 1. The molecule has 3 aromatic rings. The molecule has 3 fully saturated rings. The highest BCUT2D eigenvalue weighted by atomic mass is 127. The molecule has 2 unspecified atom stereocenters. The van der Waals surface area contributed by atoms with Crippen molar-refractivity contribution in [2.45, 2.75) is 145 Å². The molecule has 0 spiro atoms. The van der Waals surface area contributed by atoms with Gasteiger partial charge < -0.3 is 43.3 Å². The Morgan fingerprint density at radius 3 is 2.36 bits per heavy atom. The molecule has 6 rings (SSSR count). The highest BCUT2D eigenvalue weighted by Gasteiger charge is 2.59. The molecule has 69 heavy (non-hydrogen) atoms. The number of aryl methyl sites for hydroxylation is 1. The number of carbonyl (C=O) groups excluding carboxylic acids is 3. The van der Waals surface area contributed by atoms with Crippen LogP contribution in [0.5, 0.6) is 0 Å². The van der Waals surface area contributed by atoms with E-state index < -0.39 is 94.4 Å².